The molecule has 25 heavy (non-hydrogen) atoms. The number of carbonyl (C=O) groups is 2. The number of carboxylic acid groups (broad SMARTS) is 1. The van der Waals surface area contributed by atoms with E-state index in [1.807, 2.05) is 20.8 Å². The van der Waals surface area contributed by atoms with Crippen LogP contribution in [-0.4, -0.2) is 27.0 Å². The summed E-state index contributed by atoms with van der Waals surface area (Å²) in [5, 5.41) is 13.2. The maximum absolute atomic E-state index is 12.2. The summed E-state index contributed by atoms with van der Waals surface area (Å²) in [4.78, 5) is 41.0. The van der Waals surface area contributed by atoms with Gasteiger partial charge in [-0.3, -0.25) is 14.4 Å². The van der Waals surface area contributed by atoms with Crippen LogP contribution in [0, 0.1) is 5.41 Å². The van der Waals surface area contributed by atoms with Crippen LogP contribution in [0.25, 0.3) is 21.8 Å². The number of anilines is 1. The van der Waals surface area contributed by atoms with Crippen molar-refractivity contribution in [3.63, 3.8) is 0 Å². The fourth-order valence-electron chi connectivity index (χ4n) is 2.69. The van der Waals surface area contributed by atoms with Crippen LogP contribution < -0.4 is 10.9 Å². The van der Waals surface area contributed by atoms with Gasteiger partial charge in [-0.1, -0.05) is 20.8 Å². The van der Waals surface area contributed by atoms with Crippen LogP contribution in [0.1, 0.15) is 26.3 Å². The lowest BCUT2D eigenvalue weighted by Crippen LogP contribution is -2.27. The van der Waals surface area contributed by atoms with Crippen LogP contribution in [0.3, 0.4) is 0 Å². The number of carboxylic acids is 1. The minimum atomic E-state index is -0.986. The number of hydrogen-bond acceptors (Lipinski definition) is 3. The second kappa shape index (κ2) is 5.77. The second-order valence-corrected chi connectivity index (χ2v) is 7.05. The maximum Gasteiger partial charge on any atom is 0.307 e. The number of fused-ring (bicyclic) bond motifs is 3. The Morgan fingerprint density at radius 1 is 1.24 bits per heavy atom. The van der Waals surface area contributed by atoms with E-state index in [2.05, 4.69) is 15.3 Å². The van der Waals surface area contributed by atoms with E-state index in [0.717, 1.165) is 0 Å². The molecule has 4 N–H and O–H groups in total. The Morgan fingerprint density at radius 2 is 1.96 bits per heavy atom. The molecule has 0 saturated carbocycles. The van der Waals surface area contributed by atoms with Gasteiger partial charge in [0, 0.05) is 33.6 Å². The van der Waals surface area contributed by atoms with Crippen molar-refractivity contribution in [1.29, 1.82) is 0 Å². The average molecular weight is 341 g/mol. The predicted octanol–water partition coefficient (Wildman–Crippen LogP) is 2.62. The molecule has 0 aliphatic rings. The summed E-state index contributed by atoms with van der Waals surface area (Å²) in [7, 11) is 0. The lowest BCUT2D eigenvalue weighted by Gasteiger charge is -2.17. The summed E-state index contributed by atoms with van der Waals surface area (Å²) >= 11 is 0. The van der Waals surface area contributed by atoms with Gasteiger partial charge in [0.1, 0.15) is 5.52 Å². The zero-order valence-corrected chi connectivity index (χ0v) is 14.2. The predicted molar refractivity (Wildman–Crippen MR) is 95.8 cm³/mol. The molecule has 2 heterocycles. The normalized spacial score (nSPS) is 11.8. The van der Waals surface area contributed by atoms with Crippen molar-refractivity contribution in [2.45, 2.75) is 27.2 Å². The molecule has 7 nitrogen and oxygen atoms in total. The quantitative estimate of drug-likeness (QED) is 0.586. The molecule has 1 aromatic carbocycles. The molecule has 1 amide bonds. The number of pyridine rings is 1. The van der Waals surface area contributed by atoms with Crippen molar-refractivity contribution in [3.8, 4) is 0 Å². The fraction of sp³-hybridized carbons (Fsp3) is 0.278. The number of aromatic nitrogens is 2. The second-order valence-electron chi connectivity index (χ2n) is 7.05. The zero-order valence-electron chi connectivity index (χ0n) is 14.2. The number of carbonyl (C=O) groups excluding carboxylic acids is 1. The largest absolute Gasteiger partial charge is 0.481 e. The first-order valence-electron chi connectivity index (χ1n) is 7.86. The minimum absolute atomic E-state index is 0.129. The molecule has 0 unspecified atom stereocenters. The third-order valence-corrected chi connectivity index (χ3v) is 4.00. The molecular weight excluding hydrogens is 322 g/mol. The van der Waals surface area contributed by atoms with Crippen LogP contribution >= 0.6 is 0 Å². The summed E-state index contributed by atoms with van der Waals surface area (Å²) in [6.45, 7) is 5.45. The summed E-state index contributed by atoms with van der Waals surface area (Å²) < 4.78 is 0. The fourth-order valence-corrected chi connectivity index (χ4v) is 2.69. The van der Waals surface area contributed by atoms with Gasteiger partial charge in [-0.15, -0.1) is 0 Å². The van der Waals surface area contributed by atoms with Gasteiger partial charge in [0.15, 0.2) is 0 Å². The van der Waals surface area contributed by atoms with E-state index < -0.39 is 11.4 Å². The van der Waals surface area contributed by atoms with Crippen LogP contribution in [-0.2, 0) is 16.0 Å². The number of amides is 1. The Morgan fingerprint density at radius 3 is 2.60 bits per heavy atom. The van der Waals surface area contributed by atoms with E-state index in [-0.39, 0.29) is 17.9 Å². The molecule has 0 bridgehead atoms. The molecule has 0 aliphatic carbocycles. The van der Waals surface area contributed by atoms with Crippen molar-refractivity contribution in [3.05, 3.63) is 40.3 Å². The smallest absolute Gasteiger partial charge is 0.307 e. The highest BCUT2D eigenvalue weighted by molar-refractivity contribution is 6.11. The molecule has 0 radical (unpaired) electrons. The van der Waals surface area contributed by atoms with Crippen molar-refractivity contribution < 1.29 is 14.7 Å². The number of benzene rings is 1. The summed E-state index contributed by atoms with van der Waals surface area (Å²) in [6, 6.07) is 5.26. The number of hydrogen-bond donors (Lipinski definition) is 4. The molecule has 7 heteroatoms. The Hall–Kier alpha value is -3.09. The van der Waals surface area contributed by atoms with Crippen molar-refractivity contribution >= 4 is 39.4 Å². The monoisotopic (exact) mass is 341 g/mol. The Labute approximate surface area is 143 Å². The first kappa shape index (κ1) is 16.8. The molecule has 0 aliphatic heterocycles. The lowest BCUT2D eigenvalue weighted by molar-refractivity contribution is -0.136. The average Bonchev–Trinajstić information content (AvgIpc) is 2.89. The first-order valence-corrected chi connectivity index (χ1v) is 7.86. The molecule has 0 spiro atoms. The minimum Gasteiger partial charge on any atom is -0.481 e. The van der Waals surface area contributed by atoms with E-state index >= 15 is 0 Å². The van der Waals surface area contributed by atoms with Gasteiger partial charge in [0.05, 0.1) is 6.42 Å². The highest BCUT2D eigenvalue weighted by Gasteiger charge is 2.21. The maximum atomic E-state index is 12.2. The highest BCUT2D eigenvalue weighted by atomic mass is 16.4. The Bertz CT molecular complexity index is 1050. The Kier molecular flexibility index (Phi) is 3.87. The van der Waals surface area contributed by atoms with Gasteiger partial charge in [-0.05, 0) is 23.8 Å². The summed E-state index contributed by atoms with van der Waals surface area (Å²) in [5.74, 6) is -1.12. The lowest BCUT2D eigenvalue weighted by atomic mass is 9.95. The molecule has 0 fully saturated rings. The van der Waals surface area contributed by atoms with E-state index in [0.29, 0.717) is 33.1 Å². The number of nitrogens with one attached hydrogen (secondary N) is 3. The number of H-pyrrole nitrogens is 2. The summed E-state index contributed by atoms with van der Waals surface area (Å²) in [6.07, 6.45) is 1.21. The van der Waals surface area contributed by atoms with Gasteiger partial charge in [0.2, 0.25) is 5.91 Å². The third kappa shape index (κ3) is 3.13. The number of aromatic amines is 2. The Balaban J connectivity index is 2.19. The third-order valence-electron chi connectivity index (χ3n) is 4.00. The van der Waals surface area contributed by atoms with Gasteiger partial charge in [-0.2, -0.15) is 0 Å². The molecule has 2 aromatic heterocycles. The SMILES string of the molecule is CC(C)(C)C(=O)Nc1ccc2[nH]c3c(=O)[nH]cc(CC(=O)O)c3c2c1. The molecule has 0 atom stereocenters. The van der Waals surface area contributed by atoms with Crippen molar-refractivity contribution in [2.75, 3.05) is 5.32 Å². The van der Waals surface area contributed by atoms with E-state index in [1.165, 1.54) is 6.20 Å². The zero-order chi connectivity index (χ0) is 18.4. The molecule has 3 aromatic rings. The number of rotatable bonds is 3. The van der Waals surface area contributed by atoms with Crippen molar-refractivity contribution in [1.82, 2.24) is 9.97 Å². The van der Waals surface area contributed by atoms with Gasteiger partial charge in [0.25, 0.3) is 5.56 Å². The van der Waals surface area contributed by atoms with Gasteiger partial charge in [-0.25, -0.2) is 0 Å². The first-order chi connectivity index (χ1) is 11.7. The molecule has 130 valence electrons. The molecule has 0 saturated heterocycles. The molecule has 3 rings (SSSR count). The van der Waals surface area contributed by atoms with E-state index in [4.69, 9.17) is 5.11 Å². The van der Waals surface area contributed by atoms with Crippen LogP contribution in [0.5, 0.6) is 0 Å². The van der Waals surface area contributed by atoms with Crippen LogP contribution in [0.4, 0.5) is 5.69 Å². The summed E-state index contributed by atoms with van der Waals surface area (Å²) in [5.41, 5.74) is 1.27. The standard InChI is InChI=1S/C18H19N3O4/c1-18(2,3)17(25)20-10-4-5-12-11(7-10)14-9(6-13(22)23)8-19-16(24)15(14)21-12/h4-5,7-8,21H,6H2,1-3H3,(H,19,24)(H,20,25)(H,22,23). The van der Waals surface area contributed by atoms with Crippen LogP contribution in [0.15, 0.2) is 29.2 Å². The van der Waals surface area contributed by atoms with E-state index in [1.54, 1.807) is 18.2 Å². The molecular formula is C18H19N3O4. The number of aliphatic carboxylic acids is 1. The topological polar surface area (TPSA) is 115 Å². The van der Waals surface area contributed by atoms with Gasteiger partial charge >= 0.3 is 5.97 Å². The van der Waals surface area contributed by atoms with Crippen molar-refractivity contribution in [2.24, 2.45) is 5.41 Å². The van der Waals surface area contributed by atoms with E-state index in [9.17, 15) is 14.4 Å². The highest BCUT2D eigenvalue weighted by Crippen LogP contribution is 2.29. The van der Waals surface area contributed by atoms with Crippen LogP contribution in [0.2, 0.25) is 0 Å². The van der Waals surface area contributed by atoms with Gasteiger partial charge < -0.3 is 20.4 Å².